The molecule has 1 fully saturated rings. The first-order valence-electron chi connectivity index (χ1n) is 9.52. The zero-order valence-corrected chi connectivity index (χ0v) is 16.8. The van der Waals surface area contributed by atoms with Crippen molar-refractivity contribution in [3.05, 3.63) is 75.2 Å². The van der Waals surface area contributed by atoms with Gasteiger partial charge in [0, 0.05) is 23.7 Å². The van der Waals surface area contributed by atoms with E-state index in [1.54, 1.807) is 12.1 Å². The van der Waals surface area contributed by atoms with Crippen molar-refractivity contribution in [2.75, 3.05) is 0 Å². The predicted octanol–water partition coefficient (Wildman–Crippen LogP) is 3.59. The maximum atomic E-state index is 12.3. The Bertz CT molecular complexity index is 992. The lowest BCUT2D eigenvalue weighted by Gasteiger charge is -2.20. The van der Waals surface area contributed by atoms with Crippen molar-refractivity contribution in [1.82, 2.24) is 10.3 Å². The van der Waals surface area contributed by atoms with Gasteiger partial charge in [0.1, 0.15) is 0 Å². The van der Waals surface area contributed by atoms with Crippen molar-refractivity contribution >= 4 is 17.3 Å². The van der Waals surface area contributed by atoms with Crippen molar-refractivity contribution in [2.24, 2.45) is 0 Å². The number of hydrogen-bond acceptors (Lipinski definition) is 3. The molecule has 1 saturated heterocycles. The lowest BCUT2D eigenvalue weighted by molar-refractivity contribution is -0.119. The third-order valence-electron chi connectivity index (χ3n) is 5.04. The van der Waals surface area contributed by atoms with Crippen molar-refractivity contribution in [1.29, 1.82) is 0 Å². The molecule has 146 valence electrons. The van der Waals surface area contributed by atoms with Crippen LogP contribution in [0, 0.1) is 0 Å². The molecule has 2 N–H and O–H groups in total. The number of aromatic amines is 1. The van der Waals surface area contributed by atoms with Crippen LogP contribution in [0.4, 0.5) is 0 Å². The third kappa shape index (κ3) is 4.30. The molecular weight excluding hydrogens is 352 g/mol. The van der Waals surface area contributed by atoms with Gasteiger partial charge in [0.25, 0.3) is 5.56 Å². The lowest BCUT2D eigenvalue weighted by atomic mass is 9.86. The van der Waals surface area contributed by atoms with E-state index in [1.807, 2.05) is 18.2 Å². The quantitative estimate of drug-likeness (QED) is 0.798. The summed E-state index contributed by atoms with van der Waals surface area (Å²) < 4.78 is 0. The summed E-state index contributed by atoms with van der Waals surface area (Å²) in [6.07, 6.45) is 3.20. The van der Waals surface area contributed by atoms with Gasteiger partial charge in [-0.25, -0.2) is 0 Å². The number of carbonyl (C=O) groups is 2. The maximum Gasteiger partial charge on any atom is 0.259 e. The summed E-state index contributed by atoms with van der Waals surface area (Å²) >= 11 is 0. The summed E-state index contributed by atoms with van der Waals surface area (Å²) in [5.41, 5.74) is 3.39. The van der Waals surface area contributed by atoms with Crippen LogP contribution in [0.1, 0.15) is 67.7 Å². The molecule has 0 radical (unpaired) electrons. The minimum absolute atomic E-state index is 0.0316. The fraction of sp³-hybridized carbons (Fsp3) is 0.348. The van der Waals surface area contributed by atoms with Crippen LogP contribution in [0.15, 0.2) is 47.3 Å². The van der Waals surface area contributed by atoms with Crippen LogP contribution in [0.25, 0.3) is 5.57 Å². The van der Waals surface area contributed by atoms with Crippen molar-refractivity contribution in [2.45, 2.75) is 52.0 Å². The molecule has 1 aromatic carbocycles. The standard InChI is InChI=1S/C23H26N2O3/c1-14(26)18-10-11-20(25-22(18)28)19(13-17-9-12-21(27)24-17)15-5-7-16(8-6-15)23(2,3)4/h5-8,10-11,13,17H,9,12H2,1-4H3,(H,24,27)(H,25,28)/b19-13-/t17-/m1/s1. The van der Waals surface area contributed by atoms with E-state index in [4.69, 9.17) is 0 Å². The number of benzene rings is 1. The van der Waals surface area contributed by atoms with Gasteiger partial charge in [-0.3, -0.25) is 14.4 Å². The first-order valence-corrected chi connectivity index (χ1v) is 9.52. The smallest absolute Gasteiger partial charge is 0.259 e. The molecular formula is C23H26N2O3. The number of amides is 1. The molecule has 1 amide bonds. The van der Waals surface area contributed by atoms with E-state index >= 15 is 0 Å². The molecule has 0 bridgehead atoms. The molecule has 3 rings (SSSR count). The summed E-state index contributed by atoms with van der Waals surface area (Å²) in [5, 5.41) is 2.94. The SMILES string of the molecule is CC(=O)c1ccc(/C(=C\[C@H]2CCC(=O)N2)c2ccc(C(C)(C)C)cc2)[nH]c1=O. The normalized spacial score (nSPS) is 17.5. The Kier molecular flexibility index (Phi) is 5.36. The van der Waals surface area contributed by atoms with Crippen molar-refractivity contribution in [3.63, 3.8) is 0 Å². The average molecular weight is 378 g/mol. The second-order valence-corrected chi connectivity index (χ2v) is 8.29. The van der Waals surface area contributed by atoms with E-state index in [1.165, 1.54) is 12.5 Å². The van der Waals surface area contributed by atoms with Crippen LogP contribution < -0.4 is 10.9 Å². The number of H-pyrrole nitrogens is 1. The molecule has 1 aliphatic rings. The highest BCUT2D eigenvalue weighted by Gasteiger charge is 2.21. The van der Waals surface area contributed by atoms with E-state index in [-0.39, 0.29) is 28.7 Å². The molecule has 1 atom stereocenters. The first-order chi connectivity index (χ1) is 13.1. The zero-order chi connectivity index (χ0) is 20.5. The summed E-state index contributed by atoms with van der Waals surface area (Å²) in [7, 11) is 0. The van der Waals surface area contributed by atoms with Crippen LogP contribution in [0.3, 0.4) is 0 Å². The number of aromatic nitrogens is 1. The fourth-order valence-corrected chi connectivity index (χ4v) is 3.36. The molecule has 1 aromatic heterocycles. The fourth-order valence-electron chi connectivity index (χ4n) is 3.36. The minimum Gasteiger partial charge on any atom is -0.350 e. The van der Waals surface area contributed by atoms with Gasteiger partial charge in [0.15, 0.2) is 5.78 Å². The van der Waals surface area contributed by atoms with E-state index in [9.17, 15) is 14.4 Å². The molecule has 0 unspecified atom stereocenters. The topological polar surface area (TPSA) is 79.0 Å². The summed E-state index contributed by atoms with van der Waals surface area (Å²) in [5.74, 6) is -0.236. The van der Waals surface area contributed by atoms with Gasteiger partial charge >= 0.3 is 0 Å². The number of rotatable bonds is 4. The number of pyridine rings is 1. The number of ketones is 1. The van der Waals surface area contributed by atoms with Crippen LogP contribution in [-0.2, 0) is 10.2 Å². The Morgan fingerprint density at radius 3 is 2.25 bits per heavy atom. The minimum atomic E-state index is -0.405. The average Bonchev–Trinajstić information content (AvgIpc) is 3.03. The first kappa shape index (κ1) is 19.8. The number of carbonyl (C=O) groups excluding carboxylic acids is 2. The molecule has 0 aliphatic carbocycles. The largest absolute Gasteiger partial charge is 0.350 e. The molecule has 2 aromatic rings. The molecule has 28 heavy (non-hydrogen) atoms. The van der Waals surface area contributed by atoms with Gasteiger partial charge in [-0.05, 0) is 42.0 Å². The highest BCUT2D eigenvalue weighted by atomic mass is 16.2. The Hall–Kier alpha value is -2.95. The summed E-state index contributed by atoms with van der Waals surface area (Å²) in [6.45, 7) is 7.85. The van der Waals surface area contributed by atoms with Gasteiger partial charge in [-0.1, -0.05) is 51.1 Å². The second kappa shape index (κ2) is 7.58. The highest BCUT2D eigenvalue weighted by Crippen LogP contribution is 2.28. The Balaban J connectivity index is 2.07. The lowest BCUT2D eigenvalue weighted by Crippen LogP contribution is -2.24. The van der Waals surface area contributed by atoms with Gasteiger partial charge in [-0.15, -0.1) is 0 Å². The maximum absolute atomic E-state index is 12.3. The summed E-state index contributed by atoms with van der Waals surface area (Å²) in [4.78, 5) is 38.3. The van der Waals surface area contributed by atoms with E-state index < -0.39 is 5.56 Å². The van der Waals surface area contributed by atoms with Gasteiger partial charge in [-0.2, -0.15) is 0 Å². The highest BCUT2D eigenvalue weighted by molar-refractivity contribution is 5.94. The van der Waals surface area contributed by atoms with E-state index in [0.717, 1.165) is 17.6 Å². The third-order valence-corrected chi connectivity index (χ3v) is 5.04. The monoisotopic (exact) mass is 378 g/mol. The van der Waals surface area contributed by atoms with Gasteiger partial charge < -0.3 is 10.3 Å². The van der Waals surface area contributed by atoms with E-state index in [2.05, 4.69) is 43.2 Å². The predicted molar refractivity (Wildman–Crippen MR) is 110 cm³/mol. The van der Waals surface area contributed by atoms with Gasteiger partial charge in [0.05, 0.1) is 5.56 Å². The van der Waals surface area contributed by atoms with Crippen LogP contribution in [0.5, 0.6) is 0 Å². The second-order valence-electron chi connectivity index (χ2n) is 8.29. The summed E-state index contributed by atoms with van der Waals surface area (Å²) in [6, 6.07) is 11.4. The van der Waals surface area contributed by atoms with Crippen LogP contribution >= 0.6 is 0 Å². The Morgan fingerprint density at radius 1 is 1.07 bits per heavy atom. The molecule has 0 spiro atoms. The molecule has 5 heteroatoms. The van der Waals surface area contributed by atoms with Crippen molar-refractivity contribution in [3.8, 4) is 0 Å². The molecule has 2 heterocycles. The van der Waals surface area contributed by atoms with Crippen molar-refractivity contribution < 1.29 is 9.59 Å². The number of nitrogens with one attached hydrogen (secondary N) is 2. The van der Waals surface area contributed by atoms with E-state index in [0.29, 0.717) is 12.1 Å². The Morgan fingerprint density at radius 2 is 1.75 bits per heavy atom. The molecule has 0 saturated carbocycles. The number of Topliss-reactive ketones (excluding diaryl/α,β-unsaturated/α-hetero) is 1. The molecule has 5 nitrogen and oxygen atoms in total. The number of hydrogen-bond donors (Lipinski definition) is 2. The molecule has 1 aliphatic heterocycles. The van der Waals surface area contributed by atoms with Crippen LogP contribution in [-0.4, -0.2) is 22.7 Å². The van der Waals surface area contributed by atoms with Crippen LogP contribution in [0.2, 0.25) is 0 Å². The zero-order valence-electron chi connectivity index (χ0n) is 16.8. The Labute approximate surface area is 164 Å². The van der Waals surface area contributed by atoms with Gasteiger partial charge in [0.2, 0.25) is 5.91 Å².